The zero-order valence-corrected chi connectivity index (χ0v) is 13.1. The van der Waals surface area contributed by atoms with Crippen molar-refractivity contribution in [3.05, 3.63) is 0 Å². The zero-order chi connectivity index (χ0) is 15.0. The van der Waals surface area contributed by atoms with Gasteiger partial charge < -0.3 is 15.3 Å². The molecule has 0 radical (unpaired) electrons. The molecule has 1 saturated heterocycles. The summed E-state index contributed by atoms with van der Waals surface area (Å²) in [6.45, 7) is 7.86. The van der Waals surface area contributed by atoms with Gasteiger partial charge in [-0.05, 0) is 6.92 Å². The van der Waals surface area contributed by atoms with Crippen LogP contribution in [-0.2, 0) is 4.79 Å². The second-order valence-corrected chi connectivity index (χ2v) is 6.19. The highest BCUT2D eigenvalue weighted by Gasteiger charge is 2.19. The minimum absolute atomic E-state index is 0.174. The summed E-state index contributed by atoms with van der Waals surface area (Å²) in [6.07, 6.45) is 0. The molecule has 0 spiro atoms. The molecule has 1 heterocycles. The fourth-order valence-electron chi connectivity index (χ4n) is 2.02. The van der Waals surface area contributed by atoms with E-state index in [4.69, 9.17) is 5.11 Å². The summed E-state index contributed by atoms with van der Waals surface area (Å²) in [5, 5.41) is 11.8. The van der Waals surface area contributed by atoms with Gasteiger partial charge in [0, 0.05) is 50.8 Å². The van der Waals surface area contributed by atoms with Gasteiger partial charge in [0.1, 0.15) is 0 Å². The largest absolute Gasteiger partial charge is 0.481 e. The lowest BCUT2D eigenvalue weighted by molar-refractivity contribution is -0.141. The van der Waals surface area contributed by atoms with Gasteiger partial charge in [-0.1, -0.05) is 6.92 Å². The Bertz CT molecular complexity index is 322. The highest BCUT2D eigenvalue weighted by molar-refractivity contribution is 7.99. The highest BCUT2D eigenvalue weighted by atomic mass is 32.2. The van der Waals surface area contributed by atoms with Crippen LogP contribution in [0.1, 0.15) is 13.8 Å². The van der Waals surface area contributed by atoms with Crippen molar-refractivity contribution in [2.75, 3.05) is 50.8 Å². The quantitative estimate of drug-likeness (QED) is 0.727. The molecule has 7 heteroatoms. The molecule has 2 amide bonds. The van der Waals surface area contributed by atoms with Crippen molar-refractivity contribution in [3.8, 4) is 0 Å². The van der Waals surface area contributed by atoms with Gasteiger partial charge in [0.15, 0.2) is 0 Å². The van der Waals surface area contributed by atoms with Crippen molar-refractivity contribution < 1.29 is 14.7 Å². The Morgan fingerprint density at radius 3 is 2.60 bits per heavy atom. The molecule has 0 bridgehead atoms. The van der Waals surface area contributed by atoms with Crippen molar-refractivity contribution in [1.29, 1.82) is 0 Å². The minimum Gasteiger partial charge on any atom is -0.481 e. The molecule has 1 unspecified atom stereocenters. The predicted octanol–water partition coefficient (Wildman–Crippen LogP) is 0.787. The lowest BCUT2D eigenvalue weighted by Crippen LogP contribution is -2.46. The van der Waals surface area contributed by atoms with Crippen molar-refractivity contribution in [1.82, 2.24) is 15.1 Å². The van der Waals surface area contributed by atoms with Crippen molar-refractivity contribution in [2.24, 2.45) is 5.92 Å². The highest BCUT2D eigenvalue weighted by Crippen LogP contribution is 2.08. The van der Waals surface area contributed by atoms with Gasteiger partial charge in [-0.25, -0.2) is 4.79 Å². The van der Waals surface area contributed by atoms with E-state index in [1.807, 2.05) is 18.7 Å². The lowest BCUT2D eigenvalue weighted by Gasteiger charge is -2.27. The predicted molar refractivity (Wildman–Crippen MR) is 81.2 cm³/mol. The standard InChI is InChI=1S/C13H25N3O3S/c1-3-16(10-11(2)12(17)18)13(19)14-4-5-15-6-8-20-9-7-15/h11H,3-10H2,1-2H3,(H,14,19)(H,17,18). The molecule has 20 heavy (non-hydrogen) atoms. The molecular weight excluding hydrogens is 278 g/mol. The summed E-state index contributed by atoms with van der Waals surface area (Å²) < 4.78 is 0. The number of thioether (sulfide) groups is 1. The van der Waals surface area contributed by atoms with Crippen LogP contribution in [0.4, 0.5) is 4.79 Å². The van der Waals surface area contributed by atoms with E-state index < -0.39 is 11.9 Å². The molecule has 0 aliphatic carbocycles. The number of amides is 2. The Balaban J connectivity index is 2.26. The molecule has 0 saturated carbocycles. The van der Waals surface area contributed by atoms with Crippen LogP contribution in [0.5, 0.6) is 0 Å². The number of carbonyl (C=O) groups is 2. The average molecular weight is 303 g/mol. The molecule has 1 atom stereocenters. The number of nitrogens with zero attached hydrogens (tertiary/aromatic N) is 2. The van der Waals surface area contributed by atoms with Gasteiger partial charge in [0.25, 0.3) is 0 Å². The molecular formula is C13H25N3O3S. The summed E-state index contributed by atoms with van der Waals surface area (Å²) in [7, 11) is 0. The molecule has 1 aliphatic rings. The molecule has 0 aromatic carbocycles. The van der Waals surface area contributed by atoms with E-state index in [0.717, 1.165) is 31.1 Å². The van der Waals surface area contributed by atoms with Crippen LogP contribution in [0.3, 0.4) is 0 Å². The van der Waals surface area contributed by atoms with E-state index >= 15 is 0 Å². The first kappa shape index (κ1) is 17.1. The fourth-order valence-corrected chi connectivity index (χ4v) is 3.00. The maximum absolute atomic E-state index is 12.0. The number of carbonyl (C=O) groups excluding carboxylic acids is 1. The van der Waals surface area contributed by atoms with E-state index in [0.29, 0.717) is 13.1 Å². The van der Waals surface area contributed by atoms with Crippen LogP contribution in [0.15, 0.2) is 0 Å². The Morgan fingerprint density at radius 2 is 2.05 bits per heavy atom. The monoisotopic (exact) mass is 303 g/mol. The molecule has 1 rings (SSSR count). The van der Waals surface area contributed by atoms with Crippen molar-refractivity contribution in [2.45, 2.75) is 13.8 Å². The van der Waals surface area contributed by atoms with Gasteiger partial charge in [-0.2, -0.15) is 11.8 Å². The van der Waals surface area contributed by atoms with Crippen molar-refractivity contribution in [3.63, 3.8) is 0 Å². The zero-order valence-electron chi connectivity index (χ0n) is 12.3. The number of nitrogens with one attached hydrogen (secondary N) is 1. The smallest absolute Gasteiger partial charge is 0.317 e. The SMILES string of the molecule is CCN(CC(C)C(=O)O)C(=O)NCCN1CCSCC1. The Morgan fingerprint density at radius 1 is 1.40 bits per heavy atom. The first-order valence-electron chi connectivity index (χ1n) is 7.10. The summed E-state index contributed by atoms with van der Waals surface area (Å²) in [5.74, 6) is 0.901. The van der Waals surface area contributed by atoms with E-state index in [1.165, 1.54) is 0 Å². The average Bonchev–Trinajstić information content (AvgIpc) is 2.45. The summed E-state index contributed by atoms with van der Waals surface area (Å²) in [4.78, 5) is 26.7. The second kappa shape index (κ2) is 9.07. The van der Waals surface area contributed by atoms with Crippen LogP contribution < -0.4 is 5.32 Å². The Kier molecular flexibility index (Phi) is 7.76. The molecule has 0 aromatic rings. The van der Waals surface area contributed by atoms with Crippen LogP contribution >= 0.6 is 11.8 Å². The second-order valence-electron chi connectivity index (χ2n) is 4.96. The molecule has 0 aromatic heterocycles. The topological polar surface area (TPSA) is 72.9 Å². The minimum atomic E-state index is -0.873. The first-order chi connectivity index (χ1) is 9.54. The number of carboxylic acid groups (broad SMARTS) is 1. The summed E-state index contributed by atoms with van der Waals surface area (Å²) in [6, 6.07) is -0.174. The van der Waals surface area contributed by atoms with Crippen LogP contribution in [0.2, 0.25) is 0 Å². The van der Waals surface area contributed by atoms with E-state index in [1.54, 1.807) is 11.8 Å². The molecule has 1 fully saturated rings. The maximum atomic E-state index is 12.0. The third-order valence-corrected chi connectivity index (χ3v) is 4.34. The Labute approximate surface area is 124 Å². The number of rotatable bonds is 7. The third kappa shape index (κ3) is 6.00. The summed E-state index contributed by atoms with van der Waals surface area (Å²) >= 11 is 1.96. The van der Waals surface area contributed by atoms with Gasteiger partial charge in [-0.3, -0.25) is 9.69 Å². The van der Waals surface area contributed by atoms with Gasteiger partial charge in [0.05, 0.1) is 5.92 Å². The normalized spacial score (nSPS) is 17.5. The van der Waals surface area contributed by atoms with Crippen LogP contribution in [0.25, 0.3) is 0 Å². The molecule has 116 valence electrons. The number of urea groups is 1. The number of hydrogen-bond acceptors (Lipinski definition) is 4. The molecule has 6 nitrogen and oxygen atoms in total. The van der Waals surface area contributed by atoms with Crippen molar-refractivity contribution >= 4 is 23.8 Å². The van der Waals surface area contributed by atoms with Crippen LogP contribution in [0, 0.1) is 5.92 Å². The van der Waals surface area contributed by atoms with Gasteiger partial charge in [0.2, 0.25) is 0 Å². The number of carboxylic acids is 1. The third-order valence-electron chi connectivity index (χ3n) is 3.39. The van der Waals surface area contributed by atoms with Gasteiger partial charge >= 0.3 is 12.0 Å². The lowest BCUT2D eigenvalue weighted by atomic mass is 10.2. The van der Waals surface area contributed by atoms with Gasteiger partial charge in [-0.15, -0.1) is 0 Å². The van der Waals surface area contributed by atoms with E-state index in [-0.39, 0.29) is 12.6 Å². The number of aliphatic carboxylic acids is 1. The first-order valence-corrected chi connectivity index (χ1v) is 8.25. The van der Waals surface area contributed by atoms with Crippen LogP contribution in [-0.4, -0.2) is 77.7 Å². The van der Waals surface area contributed by atoms with E-state index in [9.17, 15) is 9.59 Å². The molecule has 1 aliphatic heterocycles. The summed E-state index contributed by atoms with van der Waals surface area (Å²) in [5.41, 5.74) is 0. The Hall–Kier alpha value is -0.950. The number of hydrogen-bond donors (Lipinski definition) is 2. The molecule has 2 N–H and O–H groups in total. The fraction of sp³-hybridized carbons (Fsp3) is 0.846. The maximum Gasteiger partial charge on any atom is 0.317 e. The van der Waals surface area contributed by atoms with E-state index in [2.05, 4.69) is 10.2 Å².